The normalized spacial score (nSPS) is 19.5. The van der Waals surface area contributed by atoms with Crippen LogP contribution >= 0.6 is 11.6 Å². The molecule has 1 aromatic carbocycles. The monoisotopic (exact) mass is 281 g/mol. The van der Waals surface area contributed by atoms with E-state index in [1.165, 1.54) is 6.42 Å². The fourth-order valence-corrected chi connectivity index (χ4v) is 2.40. The highest BCUT2D eigenvalue weighted by molar-refractivity contribution is 6.31. The van der Waals surface area contributed by atoms with Crippen LogP contribution < -0.4 is 16.0 Å². The zero-order valence-electron chi connectivity index (χ0n) is 10.9. The molecule has 1 aliphatic heterocycles. The molecule has 0 spiro atoms. The van der Waals surface area contributed by atoms with E-state index in [2.05, 4.69) is 16.0 Å². The molecule has 104 valence electrons. The first kappa shape index (κ1) is 14.2. The standard InChI is InChI=1S/C14H20ClN3O/c15-13-7-2-1-5-11(13)9-17-14(19)18-12-6-3-4-8-16-10-12/h1-2,5,7,12,16H,3-4,6,8-10H2,(H2,17,18,19). The van der Waals surface area contributed by atoms with Crippen molar-refractivity contribution in [2.75, 3.05) is 13.1 Å². The van der Waals surface area contributed by atoms with Gasteiger partial charge in [0.15, 0.2) is 0 Å². The fourth-order valence-electron chi connectivity index (χ4n) is 2.20. The first-order valence-corrected chi connectivity index (χ1v) is 7.12. The van der Waals surface area contributed by atoms with Gasteiger partial charge in [0.1, 0.15) is 0 Å². The quantitative estimate of drug-likeness (QED) is 0.796. The van der Waals surface area contributed by atoms with Crippen LogP contribution in [0.25, 0.3) is 0 Å². The Hall–Kier alpha value is -1.26. The van der Waals surface area contributed by atoms with Crippen LogP contribution in [0, 0.1) is 0 Å². The molecule has 3 N–H and O–H groups in total. The lowest BCUT2D eigenvalue weighted by molar-refractivity contribution is 0.236. The second-order valence-electron chi connectivity index (χ2n) is 4.82. The summed E-state index contributed by atoms with van der Waals surface area (Å²) < 4.78 is 0. The van der Waals surface area contributed by atoms with E-state index in [1.807, 2.05) is 24.3 Å². The van der Waals surface area contributed by atoms with E-state index in [-0.39, 0.29) is 12.1 Å². The Balaban J connectivity index is 1.76. The molecule has 0 aliphatic carbocycles. The summed E-state index contributed by atoms with van der Waals surface area (Å²) in [6.07, 6.45) is 3.37. The van der Waals surface area contributed by atoms with Gasteiger partial charge in [-0.2, -0.15) is 0 Å². The molecule has 1 heterocycles. The van der Waals surface area contributed by atoms with Crippen molar-refractivity contribution in [2.24, 2.45) is 0 Å². The third-order valence-electron chi connectivity index (χ3n) is 3.28. The SMILES string of the molecule is O=C(NCc1ccccc1Cl)NC1CCCCNC1. The maximum absolute atomic E-state index is 11.8. The van der Waals surface area contributed by atoms with Crippen LogP contribution in [-0.4, -0.2) is 25.2 Å². The maximum Gasteiger partial charge on any atom is 0.315 e. The van der Waals surface area contributed by atoms with Crippen LogP contribution in [0.3, 0.4) is 0 Å². The molecule has 2 rings (SSSR count). The molecule has 1 saturated heterocycles. The number of carbonyl (C=O) groups is 1. The van der Waals surface area contributed by atoms with Crippen LogP contribution in [0.15, 0.2) is 24.3 Å². The summed E-state index contributed by atoms with van der Waals surface area (Å²) in [6, 6.07) is 7.61. The zero-order chi connectivity index (χ0) is 13.5. The van der Waals surface area contributed by atoms with Gasteiger partial charge < -0.3 is 16.0 Å². The minimum Gasteiger partial charge on any atom is -0.334 e. The summed E-state index contributed by atoms with van der Waals surface area (Å²) in [6.45, 7) is 2.34. The molecule has 1 aliphatic rings. The van der Waals surface area contributed by atoms with Gasteiger partial charge in [0.2, 0.25) is 0 Å². The molecule has 1 aromatic rings. The van der Waals surface area contributed by atoms with Gasteiger partial charge >= 0.3 is 6.03 Å². The Morgan fingerprint density at radius 3 is 3.05 bits per heavy atom. The number of urea groups is 1. The summed E-state index contributed by atoms with van der Waals surface area (Å²) in [5.74, 6) is 0. The minimum absolute atomic E-state index is 0.131. The molecule has 0 radical (unpaired) electrons. The molecule has 1 unspecified atom stereocenters. The van der Waals surface area contributed by atoms with Gasteiger partial charge in [-0.3, -0.25) is 0 Å². The van der Waals surface area contributed by atoms with Gasteiger partial charge in [0.05, 0.1) is 0 Å². The van der Waals surface area contributed by atoms with E-state index in [1.54, 1.807) is 0 Å². The summed E-state index contributed by atoms with van der Waals surface area (Å²) in [4.78, 5) is 11.8. The van der Waals surface area contributed by atoms with Gasteiger partial charge in [-0.25, -0.2) is 4.79 Å². The Kier molecular flexibility index (Phi) is 5.48. The fraction of sp³-hybridized carbons (Fsp3) is 0.500. The molecule has 0 aromatic heterocycles. The molecule has 0 saturated carbocycles. The number of hydrogen-bond acceptors (Lipinski definition) is 2. The first-order valence-electron chi connectivity index (χ1n) is 6.74. The molecular formula is C14H20ClN3O. The topological polar surface area (TPSA) is 53.2 Å². The lowest BCUT2D eigenvalue weighted by atomic mass is 10.1. The highest BCUT2D eigenvalue weighted by Gasteiger charge is 2.14. The minimum atomic E-state index is -0.131. The van der Waals surface area contributed by atoms with Crippen molar-refractivity contribution in [3.63, 3.8) is 0 Å². The number of halogens is 1. The van der Waals surface area contributed by atoms with Gasteiger partial charge in [-0.1, -0.05) is 36.2 Å². The van der Waals surface area contributed by atoms with E-state index in [4.69, 9.17) is 11.6 Å². The van der Waals surface area contributed by atoms with E-state index in [0.717, 1.165) is 31.5 Å². The average molecular weight is 282 g/mol. The zero-order valence-corrected chi connectivity index (χ0v) is 11.7. The molecular weight excluding hydrogens is 262 g/mol. The number of benzene rings is 1. The van der Waals surface area contributed by atoms with Crippen LogP contribution in [-0.2, 0) is 6.54 Å². The second-order valence-corrected chi connectivity index (χ2v) is 5.22. The Labute approximate surface area is 118 Å². The smallest absolute Gasteiger partial charge is 0.315 e. The van der Waals surface area contributed by atoms with Crippen molar-refractivity contribution in [3.05, 3.63) is 34.9 Å². The van der Waals surface area contributed by atoms with E-state index >= 15 is 0 Å². The van der Waals surface area contributed by atoms with Crippen molar-refractivity contribution in [2.45, 2.75) is 31.8 Å². The van der Waals surface area contributed by atoms with Gasteiger partial charge in [-0.15, -0.1) is 0 Å². The number of hydrogen-bond donors (Lipinski definition) is 3. The Morgan fingerprint density at radius 1 is 1.37 bits per heavy atom. The van der Waals surface area contributed by atoms with Crippen LogP contribution in [0.2, 0.25) is 5.02 Å². The van der Waals surface area contributed by atoms with Crippen LogP contribution in [0.1, 0.15) is 24.8 Å². The summed E-state index contributed by atoms with van der Waals surface area (Å²) in [5.41, 5.74) is 0.929. The summed E-state index contributed by atoms with van der Waals surface area (Å²) in [5, 5.41) is 9.84. The third-order valence-corrected chi connectivity index (χ3v) is 3.65. The summed E-state index contributed by atoms with van der Waals surface area (Å²) in [7, 11) is 0. The predicted octanol–water partition coefficient (Wildman–Crippen LogP) is 2.28. The molecule has 5 heteroatoms. The van der Waals surface area contributed by atoms with Crippen molar-refractivity contribution in [1.82, 2.24) is 16.0 Å². The van der Waals surface area contributed by atoms with Crippen LogP contribution in [0.5, 0.6) is 0 Å². The Morgan fingerprint density at radius 2 is 2.21 bits per heavy atom. The largest absolute Gasteiger partial charge is 0.334 e. The maximum atomic E-state index is 11.8. The summed E-state index contributed by atoms with van der Waals surface area (Å²) >= 11 is 6.04. The first-order chi connectivity index (χ1) is 9.25. The van der Waals surface area contributed by atoms with Crippen LogP contribution in [0.4, 0.5) is 4.79 Å². The van der Waals surface area contributed by atoms with Crippen molar-refractivity contribution >= 4 is 17.6 Å². The van der Waals surface area contributed by atoms with Crippen molar-refractivity contribution < 1.29 is 4.79 Å². The average Bonchev–Trinajstić information content (AvgIpc) is 2.66. The number of carbonyl (C=O) groups excluding carboxylic acids is 1. The predicted molar refractivity (Wildman–Crippen MR) is 77.3 cm³/mol. The van der Waals surface area contributed by atoms with E-state index in [9.17, 15) is 4.79 Å². The lowest BCUT2D eigenvalue weighted by Crippen LogP contribution is -2.45. The van der Waals surface area contributed by atoms with Crippen molar-refractivity contribution in [3.8, 4) is 0 Å². The highest BCUT2D eigenvalue weighted by Crippen LogP contribution is 2.14. The van der Waals surface area contributed by atoms with E-state index < -0.39 is 0 Å². The van der Waals surface area contributed by atoms with Gasteiger partial charge in [-0.05, 0) is 31.0 Å². The van der Waals surface area contributed by atoms with Crippen molar-refractivity contribution in [1.29, 1.82) is 0 Å². The number of nitrogens with one attached hydrogen (secondary N) is 3. The molecule has 1 fully saturated rings. The molecule has 1 atom stereocenters. The highest BCUT2D eigenvalue weighted by atomic mass is 35.5. The molecule has 0 bridgehead atoms. The van der Waals surface area contributed by atoms with Gasteiger partial charge in [0.25, 0.3) is 0 Å². The molecule has 2 amide bonds. The second kappa shape index (κ2) is 7.36. The molecule has 19 heavy (non-hydrogen) atoms. The van der Waals surface area contributed by atoms with Gasteiger partial charge in [0, 0.05) is 24.2 Å². The Bertz CT molecular complexity index is 417. The lowest BCUT2D eigenvalue weighted by Gasteiger charge is -2.17. The number of amides is 2. The third kappa shape index (κ3) is 4.73. The van der Waals surface area contributed by atoms with E-state index in [0.29, 0.717) is 11.6 Å². The number of rotatable bonds is 3. The molecule has 4 nitrogen and oxygen atoms in total.